The van der Waals surface area contributed by atoms with Crippen LogP contribution in [0.2, 0.25) is 0 Å². The highest BCUT2D eigenvalue weighted by molar-refractivity contribution is 7.89. The molecule has 2 aromatic heterocycles. The van der Waals surface area contributed by atoms with Crippen LogP contribution >= 0.6 is 11.3 Å². The van der Waals surface area contributed by atoms with Crippen LogP contribution in [0.1, 0.15) is 10.4 Å². The second kappa shape index (κ2) is 5.41. The molecule has 6 nitrogen and oxygen atoms in total. The zero-order valence-corrected chi connectivity index (χ0v) is 12.3. The van der Waals surface area contributed by atoms with Gasteiger partial charge in [0.2, 0.25) is 10.0 Å². The van der Waals surface area contributed by atoms with Gasteiger partial charge in [-0.3, -0.25) is 4.68 Å². The molecule has 0 aliphatic heterocycles. The molecule has 1 N–H and O–H groups in total. The minimum atomic E-state index is -3.52. The summed E-state index contributed by atoms with van der Waals surface area (Å²) >= 11 is 1.23. The first-order valence-corrected chi connectivity index (χ1v) is 7.87. The average Bonchev–Trinajstić information content (AvgIpc) is 2.98. The van der Waals surface area contributed by atoms with E-state index < -0.39 is 10.0 Å². The number of aliphatic hydroxyl groups excluding tert-OH is 1. The van der Waals surface area contributed by atoms with Gasteiger partial charge in [-0.05, 0) is 6.07 Å². The largest absolute Gasteiger partial charge is 0.391 e. The molecular formula is C11H15N3O3S2. The standard InChI is InChI=1S/C11H15N3O3S2/c1-13-5-9(4-12-13)6-14(2)19(16,17)11-3-10(7-15)18-8-11/h3-5,8,15H,6-7H2,1-2H3. The third-order valence-corrected chi connectivity index (χ3v) is 5.51. The fraction of sp³-hybridized carbons (Fsp3) is 0.364. The Bertz CT molecular complexity index is 660. The molecule has 8 heteroatoms. The molecule has 0 fully saturated rings. The van der Waals surface area contributed by atoms with Crippen molar-refractivity contribution in [2.45, 2.75) is 18.0 Å². The molecule has 2 heterocycles. The van der Waals surface area contributed by atoms with Gasteiger partial charge in [-0.15, -0.1) is 11.3 Å². The monoisotopic (exact) mass is 301 g/mol. The van der Waals surface area contributed by atoms with Crippen molar-refractivity contribution >= 4 is 21.4 Å². The Morgan fingerprint density at radius 2 is 2.26 bits per heavy atom. The molecule has 0 amide bonds. The number of thiophene rings is 1. The number of nitrogens with zero attached hydrogens (tertiary/aromatic N) is 3. The smallest absolute Gasteiger partial charge is 0.243 e. The van der Waals surface area contributed by atoms with Crippen LogP contribution in [0.15, 0.2) is 28.7 Å². The summed E-state index contributed by atoms with van der Waals surface area (Å²) in [7, 11) is -0.213. The lowest BCUT2D eigenvalue weighted by molar-refractivity contribution is 0.285. The van der Waals surface area contributed by atoms with Gasteiger partial charge in [0.15, 0.2) is 0 Å². The normalized spacial score (nSPS) is 12.2. The van der Waals surface area contributed by atoms with Crippen LogP contribution in [0.5, 0.6) is 0 Å². The van der Waals surface area contributed by atoms with Crippen molar-refractivity contribution in [2.24, 2.45) is 7.05 Å². The van der Waals surface area contributed by atoms with Crippen molar-refractivity contribution in [3.05, 3.63) is 34.3 Å². The predicted octanol–water partition coefficient (Wildman–Crippen LogP) is 0.795. The van der Waals surface area contributed by atoms with Gasteiger partial charge in [-0.2, -0.15) is 9.40 Å². The Morgan fingerprint density at radius 1 is 1.53 bits per heavy atom. The van der Waals surface area contributed by atoms with Gasteiger partial charge in [0.1, 0.15) is 0 Å². The van der Waals surface area contributed by atoms with E-state index in [1.807, 2.05) is 0 Å². The van der Waals surface area contributed by atoms with Gasteiger partial charge in [-0.25, -0.2) is 8.42 Å². The van der Waals surface area contributed by atoms with Crippen molar-refractivity contribution in [3.63, 3.8) is 0 Å². The second-order valence-electron chi connectivity index (χ2n) is 4.19. The van der Waals surface area contributed by atoms with E-state index in [0.29, 0.717) is 4.88 Å². The molecule has 0 aliphatic carbocycles. The van der Waals surface area contributed by atoms with Crippen molar-refractivity contribution in [1.82, 2.24) is 14.1 Å². The van der Waals surface area contributed by atoms with Crippen LogP contribution < -0.4 is 0 Å². The summed E-state index contributed by atoms with van der Waals surface area (Å²) in [6, 6.07) is 1.50. The molecule has 0 aliphatic rings. The van der Waals surface area contributed by atoms with E-state index >= 15 is 0 Å². The maximum absolute atomic E-state index is 12.3. The molecule has 0 unspecified atom stereocenters. The Hall–Kier alpha value is -1.22. The van der Waals surface area contributed by atoms with Crippen LogP contribution in [0.3, 0.4) is 0 Å². The summed E-state index contributed by atoms with van der Waals surface area (Å²) in [5.41, 5.74) is 0.825. The fourth-order valence-corrected chi connectivity index (χ4v) is 3.93. The first-order chi connectivity index (χ1) is 8.93. The molecule has 104 valence electrons. The van der Waals surface area contributed by atoms with E-state index in [9.17, 15) is 8.42 Å². The first-order valence-electron chi connectivity index (χ1n) is 5.55. The maximum atomic E-state index is 12.3. The molecule has 0 bridgehead atoms. The van der Waals surface area contributed by atoms with Crippen molar-refractivity contribution in [3.8, 4) is 0 Å². The number of hydrogen-bond acceptors (Lipinski definition) is 5. The molecule has 0 spiro atoms. The fourth-order valence-electron chi connectivity index (χ4n) is 1.65. The molecule has 0 saturated carbocycles. The van der Waals surface area contributed by atoms with Crippen LogP contribution in [-0.2, 0) is 30.2 Å². The molecule has 0 radical (unpaired) electrons. The summed E-state index contributed by atoms with van der Waals surface area (Å²) in [5.74, 6) is 0. The van der Waals surface area contributed by atoms with E-state index in [1.54, 1.807) is 29.5 Å². The van der Waals surface area contributed by atoms with E-state index in [1.165, 1.54) is 28.8 Å². The molecule has 2 aromatic rings. The third kappa shape index (κ3) is 3.03. The summed E-state index contributed by atoms with van der Waals surface area (Å²) in [6.07, 6.45) is 3.41. The Labute approximate surface area is 116 Å². The average molecular weight is 301 g/mol. The maximum Gasteiger partial charge on any atom is 0.243 e. The van der Waals surface area contributed by atoms with Gasteiger partial charge >= 0.3 is 0 Å². The minimum Gasteiger partial charge on any atom is -0.391 e. The molecule has 0 aromatic carbocycles. The van der Waals surface area contributed by atoms with Crippen LogP contribution in [-0.4, -0.2) is 34.7 Å². The van der Waals surface area contributed by atoms with E-state index in [4.69, 9.17) is 5.11 Å². The quantitative estimate of drug-likeness (QED) is 0.886. The van der Waals surface area contributed by atoms with E-state index in [-0.39, 0.29) is 18.0 Å². The highest BCUT2D eigenvalue weighted by Crippen LogP contribution is 2.22. The van der Waals surface area contributed by atoms with Crippen LogP contribution in [0, 0.1) is 0 Å². The summed E-state index contributed by atoms with van der Waals surface area (Å²) in [6.45, 7) is 0.118. The molecule has 0 atom stereocenters. The van der Waals surface area contributed by atoms with Gasteiger partial charge in [0, 0.05) is 42.7 Å². The molecular weight excluding hydrogens is 286 g/mol. The first kappa shape index (κ1) is 14.2. The third-order valence-electron chi connectivity index (χ3n) is 2.66. The van der Waals surface area contributed by atoms with Crippen LogP contribution in [0.25, 0.3) is 0 Å². The molecule has 2 rings (SSSR count). The Morgan fingerprint density at radius 3 is 2.79 bits per heavy atom. The Kier molecular flexibility index (Phi) is 4.04. The summed E-state index contributed by atoms with van der Waals surface area (Å²) in [4.78, 5) is 0.848. The number of aliphatic hydroxyl groups is 1. The SMILES string of the molecule is CN(Cc1cnn(C)c1)S(=O)(=O)c1csc(CO)c1. The van der Waals surface area contributed by atoms with Crippen LogP contribution in [0.4, 0.5) is 0 Å². The van der Waals surface area contributed by atoms with Gasteiger partial charge < -0.3 is 5.11 Å². The summed E-state index contributed by atoms with van der Waals surface area (Å²) < 4.78 is 27.5. The zero-order valence-electron chi connectivity index (χ0n) is 10.6. The van der Waals surface area contributed by atoms with Crippen molar-refractivity contribution in [1.29, 1.82) is 0 Å². The molecule has 19 heavy (non-hydrogen) atoms. The molecule has 0 saturated heterocycles. The highest BCUT2D eigenvalue weighted by atomic mass is 32.2. The lowest BCUT2D eigenvalue weighted by Gasteiger charge is -2.15. The van der Waals surface area contributed by atoms with E-state index in [0.717, 1.165) is 5.56 Å². The van der Waals surface area contributed by atoms with E-state index in [2.05, 4.69) is 5.10 Å². The zero-order chi connectivity index (χ0) is 14.0. The summed E-state index contributed by atoms with van der Waals surface area (Å²) in [5, 5.41) is 14.5. The Balaban J connectivity index is 2.19. The number of rotatable bonds is 5. The lowest BCUT2D eigenvalue weighted by Crippen LogP contribution is -2.26. The van der Waals surface area contributed by atoms with Gasteiger partial charge in [0.25, 0.3) is 0 Å². The highest BCUT2D eigenvalue weighted by Gasteiger charge is 2.22. The second-order valence-corrected chi connectivity index (χ2v) is 7.23. The number of aromatic nitrogens is 2. The minimum absolute atomic E-state index is 0.146. The number of hydrogen-bond donors (Lipinski definition) is 1. The lowest BCUT2D eigenvalue weighted by atomic mass is 10.4. The topological polar surface area (TPSA) is 75.4 Å². The van der Waals surface area contributed by atoms with Crippen molar-refractivity contribution < 1.29 is 13.5 Å². The number of aryl methyl sites for hydroxylation is 1. The number of sulfonamides is 1. The van der Waals surface area contributed by atoms with Gasteiger partial charge in [-0.1, -0.05) is 0 Å². The van der Waals surface area contributed by atoms with Gasteiger partial charge in [0.05, 0.1) is 17.7 Å². The van der Waals surface area contributed by atoms with Crippen molar-refractivity contribution in [2.75, 3.05) is 7.05 Å². The predicted molar refractivity (Wildman–Crippen MR) is 72.1 cm³/mol.